The predicted octanol–water partition coefficient (Wildman–Crippen LogP) is 5.74. The first-order valence-corrected chi connectivity index (χ1v) is 10.1. The molecule has 1 spiro atoms. The van der Waals surface area contributed by atoms with Crippen molar-refractivity contribution in [2.75, 3.05) is 11.9 Å². The SMILES string of the molecule is Cc1ccc2c(c1)OCC21CCC([C@@H](C)C(=O)Nc2ccc(Cl)cc2)CC1. The van der Waals surface area contributed by atoms with Crippen molar-refractivity contribution in [2.24, 2.45) is 11.8 Å². The minimum Gasteiger partial charge on any atom is -0.492 e. The molecule has 2 aliphatic rings. The Labute approximate surface area is 166 Å². The van der Waals surface area contributed by atoms with E-state index >= 15 is 0 Å². The molecule has 1 atom stereocenters. The molecule has 3 nitrogen and oxygen atoms in total. The highest BCUT2D eigenvalue weighted by Crippen LogP contribution is 2.50. The first-order chi connectivity index (χ1) is 13.0. The molecule has 1 aliphatic heterocycles. The molecule has 1 amide bonds. The van der Waals surface area contributed by atoms with Gasteiger partial charge in [0.1, 0.15) is 5.75 Å². The zero-order chi connectivity index (χ0) is 19.0. The van der Waals surface area contributed by atoms with Gasteiger partial charge in [-0.15, -0.1) is 0 Å². The van der Waals surface area contributed by atoms with Crippen LogP contribution in [0.4, 0.5) is 5.69 Å². The van der Waals surface area contributed by atoms with E-state index in [9.17, 15) is 4.79 Å². The first-order valence-electron chi connectivity index (χ1n) is 9.77. The van der Waals surface area contributed by atoms with Crippen molar-refractivity contribution in [3.63, 3.8) is 0 Å². The van der Waals surface area contributed by atoms with Crippen LogP contribution >= 0.6 is 11.6 Å². The van der Waals surface area contributed by atoms with Crippen molar-refractivity contribution >= 4 is 23.2 Å². The number of carbonyl (C=O) groups is 1. The van der Waals surface area contributed by atoms with Gasteiger partial charge in [-0.1, -0.05) is 30.7 Å². The van der Waals surface area contributed by atoms with Gasteiger partial charge >= 0.3 is 0 Å². The van der Waals surface area contributed by atoms with E-state index in [4.69, 9.17) is 16.3 Å². The molecular formula is C23H26ClNO2. The molecule has 1 aliphatic carbocycles. The molecule has 0 unspecified atom stereocenters. The third kappa shape index (κ3) is 3.58. The maximum Gasteiger partial charge on any atom is 0.227 e. The van der Waals surface area contributed by atoms with Crippen LogP contribution in [0.2, 0.25) is 5.02 Å². The van der Waals surface area contributed by atoms with Crippen LogP contribution < -0.4 is 10.1 Å². The number of rotatable bonds is 3. The minimum absolute atomic E-state index is 0.00200. The van der Waals surface area contributed by atoms with Crippen LogP contribution in [-0.2, 0) is 10.2 Å². The van der Waals surface area contributed by atoms with E-state index in [2.05, 4.69) is 37.4 Å². The average Bonchev–Trinajstić information content (AvgIpc) is 3.01. The van der Waals surface area contributed by atoms with Gasteiger partial charge in [-0.2, -0.15) is 0 Å². The molecule has 4 rings (SSSR count). The summed E-state index contributed by atoms with van der Waals surface area (Å²) in [4.78, 5) is 12.7. The van der Waals surface area contributed by atoms with Crippen LogP contribution in [0.15, 0.2) is 42.5 Å². The third-order valence-electron chi connectivity index (χ3n) is 6.43. The minimum atomic E-state index is -0.00200. The van der Waals surface area contributed by atoms with Crippen LogP contribution in [0.5, 0.6) is 5.75 Å². The summed E-state index contributed by atoms with van der Waals surface area (Å²) >= 11 is 5.91. The maximum atomic E-state index is 12.7. The van der Waals surface area contributed by atoms with Crippen LogP contribution in [0.25, 0.3) is 0 Å². The Kier molecular flexibility index (Phi) is 4.90. The van der Waals surface area contributed by atoms with Crippen molar-refractivity contribution in [3.8, 4) is 5.75 Å². The fraction of sp³-hybridized carbons (Fsp3) is 0.435. The zero-order valence-corrected chi connectivity index (χ0v) is 16.7. The fourth-order valence-electron chi connectivity index (χ4n) is 4.59. The van der Waals surface area contributed by atoms with Crippen molar-refractivity contribution in [3.05, 3.63) is 58.6 Å². The van der Waals surface area contributed by atoms with Gasteiger partial charge in [-0.25, -0.2) is 0 Å². The Hall–Kier alpha value is -2.00. The number of hydrogen-bond acceptors (Lipinski definition) is 2. The number of nitrogens with one attached hydrogen (secondary N) is 1. The Morgan fingerprint density at radius 1 is 1.19 bits per heavy atom. The molecule has 1 fully saturated rings. The number of fused-ring (bicyclic) bond motifs is 2. The van der Waals surface area contributed by atoms with Crippen LogP contribution in [0, 0.1) is 18.8 Å². The van der Waals surface area contributed by atoms with E-state index in [1.54, 1.807) is 12.1 Å². The maximum absolute atomic E-state index is 12.7. The van der Waals surface area contributed by atoms with Crippen molar-refractivity contribution in [2.45, 2.75) is 44.9 Å². The quantitative estimate of drug-likeness (QED) is 0.733. The smallest absolute Gasteiger partial charge is 0.227 e. The topological polar surface area (TPSA) is 38.3 Å². The second-order valence-corrected chi connectivity index (χ2v) is 8.63. The lowest BCUT2D eigenvalue weighted by molar-refractivity contribution is -0.121. The highest BCUT2D eigenvalue weighted by Gasteiger charge is 2.44. The zero-order valence-electron chi connectivity index (χ0n) is 15.9. The summed E-state index contributed by atoms with van der Waals surface area (Å²) in [6.07, 6.45) is 4.30. The molecule has 4 heteroatoms. The number of ether oxygens (including phenoxy) is 1. The molecule has 1 N–H and O–H groups in total. The van der Waals surface area contributed by atoms with Gasteiger partial charge in [0.15, 0.2) is 0 Å². The first kappa shape index (κ1) is 18.4. The molecule has 1 saturated carbocycles. The molecule has 1 heterocycles. The van der Waals surface area contributed by atoms with Crippen molar-refractivity contribution < 1.29 is 9.53 Å². The molecule has 0 radical (unpaired) electrons. The average molecular weight is 384 g/mol. The van der Waals surface area contributed by atoms with Crippen LogP contribution in [-0.4, -0.2) is 12.5 Å². The fourth-order valence-corrected chi connectivity index (χ4v) is 4.72. The third-order valence-corrected chi connectivity index (χ3v) is 6.68. The van der Waals surface area contributed by atoms with Crippen molar-refractivity contribution in [1.29, 1.82) is 0 Å². The van der Waals surface area contributed by atoms with Crippen molar-refractivity contribution in [1.82, 2.24) is 0 Å². The lowest BCUT2D eigenvalue weighted by Gasteiger charge is -2.38. The molecule has 27 heavy (non-hydrogen) atoms. The van der Waals surface area contributed by atoms with Gasteiger partial charge in [0.05, 0.1) is 6.61 Å². The van der Waals surface area contributed by atoms with E-state index in [0.29, 0.717) is 10.9 Å². The summed E-state index contributed by atoms with van der Waals surface area (Å²) < 4.78 is 6.01. The lowest BCUT2D eigenvalue weighted by Crippen LogP contribution is -2.37. The highest BCUT2D eigenvalue weighted by molar-refractivity contribution is 6.30. The lowest BCUT2D eigenvalue weighted by atomic mass is 9.65. The van der Waals surface area contributed by atoms with Gasteiger partial charge in [0.2, 0.25) is 5.91 Å². The standard InChI is InChI=1S/C23H26ClNO2/c1-15-3-8-20-21(13-15)27-14-23(20)11-9-17(10-12-23)16(2)22(26)25-19-6-4-18(24)5-7-19/h3-8,13,16-17H,9-12,14H2,1-2H3,(H,25,26)/t16-,17?,23?/m1/s1. The molecule has 2 aromatic carbocycles. The van der Waals surface area contributed by atoms with Gasteiger partial charge in [-0.3, -0.25) is 4.79 Å². The normalized spacial score (nSPS) is 24.9. The van der Waals surface area contributed by atoms with E-state index in [0.717, 1.165) is 43.7 Å². The summed E-state index contributed by atoms with van der Waals surface area (Å²) in [7, 11) is 0. The summed E-state index contributed by atoms with van der Waals surface area (Å²) in [5.74, 6) is 1.56. The molecule has 0 aromatic heterocycles. The number of halogens is 1. The summed E-state index contributed by atoms with van der Waals surface area (Å²) in [5, 5.41) is 3.70. The second-order valence-electron chi connectivity index (χ2n) is 8.19. The Balaban J connectivity index is 1.39. The van der Waals surface area contributed by atoms with Gasteiger partial charge in [0, 0.05) is 27.6 Å². The van der Waals surface area contributed by atoms with Crippen LogP contribution in [0.3, 0.4) is 0 Å². The van der Waals surface area contributed by atoms with Gasteiger partial charge in [0.25, 0.3) is 0 Å². The van der Waals surface area contributed by atoms with Crippen LogP contribution in [0.1, 0.15) is 43.7 Å². The number of anilines is 1. The monoisotopic (exact) mass is 383 g/mol. The highest BCUT2D eigenvalue weighted by atomic mass is 35.5. The molecule has 0 bridgehead atoms. The summed E-state index contributed by atoms with van der Waals surface area (Å²) in [6.45, 7) is 4.94. The second kappa shape index (κ2) is 7.20. The Bertz CT molecular complexity index is 838. The Morgan fingerprint density at radius 3 is 2.59 bits per heavy atom. The van der Waals surface area contributed by atoms with E-state index < -0.39 is 0 Å². The van der Waals surface area contributed by atoms with Gasteiger partial charge < -0.3 is 10.1 Å². The van der Waals surface area contributed by atoms with E-state index in [-0.39, 0.29) is 17.2 Å². The summed E-state index contributed by atoms with van der Waals surface area (Å²) in [5.41, 5.74) is 3.56. The predicted molar refractivity (Wildman–Crippen MR) is 110 cm³/mol. The molecular weight excluding hydrogens is 358 g/mol. The van der Waals surface area contributed by atoms with Gasteiger partial charge in [-0.05, 0) is 74.4 Å². The van der Waals surface area contributed by atoms with E-state index in [1.165, 1.54) is 11.1 Å². The number of aryl methyl sites for hydroxylation is 1. The number of carbonyl (C=O) groups excluding carboxylic acids is 1. The van der Waals surface area contributed by atoms with E-state index in [1.807, 2.05) is 12.1 Å². The molecule has 2 aromatic rings. The molecule has 142 valence electrons. The number of benzene rings is 2. The Morgan fingerprint density at radius 2 is 1.89 bits per heavy atom. The summed E-state index contributed by atoms with van der Waals surface area (Å²) in [6, 6.07) is 13.9. The molecule has 0 saturated heterocycles. The largest absolute Gasteiger partial charge is 0.492 e. The number of amides is 1. The number of hydrogen-bond donors (Lipinski definition) is 1.